The molecular formula is C9H12OS2. The maximum atomic E-state index is 10.9. The number of carbonyl (C=O) groups is 1. The topological polar surface area (TPSA) is 17.1 Å². The van der Waals surface area contributed by atoms with Gasteiger partial charge in [0.25, 0.3) is 0 Å². The molecule has 0 amide bonds. The molecule has 0 saturated carbocycles. The van der Waals surface area contributed by atoms with Crippen molar-refractivity contribution >= 4 is 28.9 Å². The van der Waals surface area contributed by atoms with Gasteiger partial charge < -0.3 is 0 Å². The van der Waals surface area contributed by atoms with E-state index in [1.165, 1.54) is 4.21 Å². The number of thioether (sulfide) groups is 1. The third-order valence-electron chi connectivity index (χ3n) is 1.28. The van der Waals surface area contributed by atoms with Crippen LogP contribution in [-0.2, 0) is 0 Å². The Balaban J connectivity index is 2.71. The van der Waals surface area contributed by atoms with Crippen LogP contribution in [0.25, 0.3) is 0 Å². The minimum Gasteiger partial charge on any atom is -0.294 e. The normalized spacial score (nSPS) is 10.7. The number of thiophene rings is 1. The summed E-state index contributed by atoms with van der Waals surface area (Å²) in [7, 11) is 0. The lowest BCUT2D eigenvalue weighted by Gasteiger charge is -1.98. The summed E-state index contributed by atoms with van der Waals surface area (Å²) in [6.07, 6.45) is 0. The van der Waals surface area contributed by atoms with Crippen LogP contribution in [0.5, 0.6) is 0 Å². The molecule has 66 valence electrons. The summed E-state index contributed by atoms with van der Waals surface area (Å²) >= 11 is 3.39. The van der Waals surface area contributed by atoms with Gasteiger partial charge in [-0.1, -0.05) is 13.8 Å². The molecule has 3 heteroatoms. The summed E-state index contributed by atoms with van der Waals surface area (Å²) in [5.74, 6) is 0.163. The van der Waals surface area contributed by atoms with Crippen LogP contribution < -0.4 is 0 Å². The number of rotatable bonds is 3. The van der Waals surface area contributed by atoms with Gasteiger partial charge in [0, 0.05) is 5.25 Å². The number of Topliss-reactive ketones (excluding diaryl/α,β-unsaturated/α-hetero) is 1. The fourth-order valence-electron chi connectivity index (χ4n) is 0.805. The molecule has 0 aliphatic carbocycles. The van der Waals surface area contributed by atoms with Gasteiger partial charge in [-0.25, -0.2) is 0 Å². The molecule has 0 N–H and O–H groups in total. The highest BCUT2D eigenvalue weighted by molar-refractivity contribution is 8.01. The summed E-state index contributed by atoms with van der Waals surface area (Å²) in [5, 5.41) is 0.587. The molecule has 12 heavy (non-hydrogen) atoms. The maximum absolute atomic E-state index is 10.9. The minimum absolute atomic E-state index is 0.163. The van der Waals surface area contributed by atoms with Gasteiger partial charge in [0.1, 0.15) is 0 Å². The number of carbonyl (C=O) groups excluding carboxylic acids is 1. The first kappa shape index (κ1) is 9.81. The third-order valence-corrected chi connectivity index (χ3v) is 3.64. The molecule has 0 unspecified atom stereocenters. The highest BCUT2D eigenvalue weighted by atomic mass is 32.2. The molecule has 1 nitrogen and oxygen atoms in total. The Hall–Kier alpha value is -0.280. The zero-order chi connectivity index (χ0) is 9.14. The van der Waals surface area contributed by atoms with Crippen LogP contribution in [0.3, 0.4) is 0 Å². The Morgan fingerprint density at radius 2 is 2.17 bits per heavy atom. The lowest BCUT2D eigenvalue weighted by atomic mass is 10.4. The van der Waals surface area contributed by atoms with Crippen molar-refractivity contribution < 1.29 is 4.79 Å². The van der Waals surface area contributed by atoms with E-state index in [1.54, 1.807) is 30.0 Å². The highest BCUT2D eigenvalue weighted by Gasteiger charge is 2.05. The summed E-state index contributed by atoms with van der Waals surface area (Å²) in [6.45, 7) is 5.91. The van der Waals surface area contributed by atoms with Gasteiger partial charge in [0.15, 0.2) is 5.78 Å². The fourth-order valence-corrected chi connectivity index (χ4v) is 3.09. The van der Waals surface area contributed by atoms with Gasteiger partial charge in [-0.2, -0.15) is 0 Å². The molecule has 1 aromatic rings. The SMILES string of the molecule is CC(=O)c1ccc(SC(C)C)s1. The van der Waals surface area contributed by atoms with Gasteiger partial charge in [-0.05, 0) is 19.1 Å². The van der Waals surface area contributed by atoms with Crippen LogP contribution in [0, 0.1) is 0 Å². The van der Waals surface area contributed by atoms with Crippen molar-refractivity contribution in [2.45, 2.75) is 30.2 Å². The van der Waals surface area contributed by atoms with E-state index in [2.05, 4.69) is 13.8 Å². The molecule has 0 aliphatic rings. The summed E-state index contributed by atoms with van der Waals surface area (Å²) in [6, 6.07) is 3.92. The molecule has 0 radical (unpaired) electrons. The van der Waals surface area contributed by atoms with Crippen molar-refractivity contribution in [3.05, 3.63) is 17.0 Å². The molecule has 0 atom stereocenters. The largest absolute Gasteiger partial charge is 0.294 e. The van der Waals surface area contributed by atoms with E-state index in [0.29, 0.717) is 5.25 Å². The first-order valence-corrected chi connectivity index (χ1v) is 5.56. The van der Waals surface area contributed by atoms with E-state index in [9.17, 15) is 4.79 Å². The predicted octanol–water partition coefficient (Wildman–Crippen LogP) is 3.45. The van der Waals surface area contributed by atoms with E-state index in [0.717, 1.165) is 4.88 Å². The standard InChI is InChI=1S/C9H12OS2/c1-6(2)11-9-5-4-8(12-9)7(3)10/h4-6H,1-3H3. The summed E-state index contributed by atoms with van der Waals surface area (Å²) in [5.41, 5.74) is 0. The number of ketones is 1. The Morgan fingerprint density at radius 3 is 2.58 bits per heavy atom. The van der Waals surface area contributed by atoms with Gasteiger partial charge >= 0.3 is 0 Å². The average molecular weight is 200 g/mol. The lowest BCUT2D eigenvalue weighted by Crippen LogP contribution is -1.84. The Bertz CT molecular complexity index is 276. The second-order valence-electron chi connectivity index (χ2n) is 2.84. The summed E-state index contributed by atoms with van der Waals surface area (Å²) in [4.78, 5) is 11.8. The van der Waals surface area contributed by atoms with Gasteiger partial charge in [0.2, 0.25) is 0 Å². The van der Waals surface area contributed by atoms with E-state index in [-0.39, 0.29) is 5.78 Å². The van der Waals surface area contributed by atoms with Crippen LogP contribution in [0.2, 0.25) is 0 Å². The Kier molecular flexibility index (Phi) is 3.35. The molecule has 0 saturated heterocycles. The van der Waals surface area contributed by atoms with E-state index in [4.69, 9.17) is 0 Å². The highest BCUT2D eigenvalue weighted by Crippen LogP contribution is 2.30. The van der Waals surface area contributed by atoms with Crippen molar-refractivity contribution in [1.82, 2.24) is 0 Å². The predicted molar refractivity (Wildman–Crippen MR) is 55.3 cm³/mol. The molecule has 0 aromatic carbocycles. The molecule has 1 heterocycles. The molecular weight excluding hydrogens is 188 g/mol. The van der Waals surface area contributed by atoms with Crippen LogP contribution in [-0.4, -0.2) is 11.0 Å². The monoisotopic (exact) mass is 200 g/mol. The third kappa shape index (κ3) is 2.64. The average Bonchev–Trinajstić information content (AvgIpc) is 2.34. The molecule has 0 spiro atoms. The van der Waals surface area contributed by atoms with E-state index >= 15 is 0 Å². The second kappa shape index (κ2) is 4.10. The van der Waals surface area contributed by atoms with Crippen molar-refractivity contribution in [2.75, 3.05) is 0 Å². The first-order chi connectivity index (χ1) is 5.59. The zero-order valence-electron chi connectivity index (χ0n) is 7.46. The Labute approximate surface area is 81.2 Å². The van der Waals surface area contributed by atoms with Gasteiger partial charge in [0.05, 0.1) is 9.09 Å². The Morgan fingerprint density at radius 1 is 1.50 bits per heavy atom. The van der Waals surface area contributed by atoms with E-state index in [1.807, 2.05) is 12.1 Å². The molecule has 0 fully saturated rings. The zero-order valence-corrected chi connectivity index (χ0v) is 9.09. The molecule has 1 rings (SSSR count). The number of hydrogen-bond donors (Lipinski definition) is 0. The first-order valence-electron chi connectivity index (χ1n) is 3.87. The van der Waals surface area contributed by atoms with Crippen LogP contribution in [0.15, 0.2) is 16.3 Å². The quantitative estimate of drug-likeness (QED) is 0.549. The van der Waals surface area contributed by atoms with E-state index < -0.39 is 0 Å². The minimum atomic E-state index is 0.163. The van der Waals surface area contributed by atoms with Gasteiger partial charge in [-0.3, -0.25) is 4.79 Å². The maximum Gasteiger partial charge on any atom is 0.169 e. The molecule has 1 aromatic heterocycles. The van der Waals surface area contributed by atoms with Crippen LogP contribution in [0.4, 0.5) is 0 Å². The number of hydrogen-bond acceptors (Lipinski definition) is 3. The fraction of sp³-hybridized carbons (Fsp3) is 0.444. The molecule has 0 aliphatic heterocycles. The van der Waals surface area contributed by atoms with Crippen molar-refractivity contribution in [3.63, 3.8) is 0 Å². The summed E-state index contributed by atoms with van der Waals surface area (Å²) < 4.78 is 1.23. The van der Waals surface area contributed by atoms with Crippen LogP contribution >= 0.6 is 23.1 Å². The second-order valence-corrected chi connectivity index (χ2v) is 5.80. The molecule has 0 bridgehead atoms. The lowest BCUT2D eigenvalue weighted by molar-refractivity contribution is 0.102. The van der Waals surface area contributed by atoms with Gasteiger partial charge in [-0.15, -0.1) is 23.1 Å². The van der Waals surface area contributed by atoms with Crippen molar-refractivity contribution in [3.8, 4) is 0 Å². The smallest absolute Gasteiger partial charge is 0.169 e. The van der Waals surface area contributed by atoms with Crippen LogP contribution in [0.1, 0.15) is 30.4 Å². The van der Waals surface area contributed by atoms with Crippen molar-refractivity contribution in [1.29, 1.82) is 0 Å². The van der Waals surface area contributed by atoms with Crippen molar-refractivity contribution in [2.24, 2.45) is 0 Å².